The molecule has 0 bridgehead atoms. The molecule has 0 aliphatic carbocycles. The van der Waals surface area contributed by atoms with Crippen LogP contribution < -0.4 is 10.9 Å². The van der Waals surface area contributed by atoms with E-state index in [1.165, 1.54) is 33.6 Å². The van der Waals surface area contributed by atoms with Crippen molar-refractivity contribution in [2.45, 2.75) is 19.9 Å². The fraction of sp³-hybridized carbons (Fsp3) is 0.160. The van der Waals surface area contributed by atoms with Crippen molar-refractivity contribution in [1.82, 2.24) is 14.5 Å². The third-order valence-corrected chi connectivity index (χ3v) is 7.06. The number of hydrogen-bond donors (Lipinski definition) is 1. The Bertz CT molecular complexity index is 1620. The minimum Gasteiger partial charge on any atom is -0.466 e. The van der Waals surface area contributed by atoms with Crippen LogP contribution in [0.2, 0.25) is 0 Å². The highest BCUT2D eigenvalue weighted by molar-refractivity contribution is 7.17. The van der Waals surface area contributed by atoms with E-state index in [1.807, 2.05) is 41.8 Å². The van der Waals surface area contributed by atoms with Gasteiger partial charge >= 0.3 is 5.97 Å². The van der Waals surface area contributed by atoms with E-state index in [4.69, 9.17) is 4.74 Å². The lowest BCUT2D eigenvalue weighted by Crippen LogP contribution is -2.27. The maximum Gasteiger partial charge on any atom is 0.311 e. The van der Waals surface area contributed by atoms with Crippen LogP contribution in [-0.4, -0.2) is 33.0 Å². The molecule has 8 nitrogen and oxygen atoms in total. The molecule has 0 saturated carbocycles. The largest absolute Gasteiger partial charge is 0.466 e. The maximum absolute atomic E-state index is 13.3. The van der Waals surface area contributed by atoms with Crippen LogP contribution in [0.25, 0.3) is 32.1 Å². The minimum atomic E-state index is -0.409. The van der Waals surface area contributed by atoms with Crippen molar-refractivity contribution in [1.29, 1.82) is 0 Å². The lowest BCUT2D eigenvalue weighted by Gasteiger charge is -2.07. The van der Waals surface area contributed by atoms with Gasteiger partial charge in [0.05, 0.1) is 30.4 Å². The van der Waals surface area contributed by atoms with Crippen LogP contribution >= 0.6 is 22.7 Å². The van der Waals surface area contributed by atoms with Gasteiger partial charge in [0.2, 0.25) is 5.91 Å². The second-order valence-electron chi connectivity index (χ2n) is 7.74. The van der Waals surface area contributed by atoms with Crippen molar-refractivity contribution in [3.05, 3.63) is 75.6 Å². The van der Waals surface area contributed by atoms with Gasteiger partial charge in [-0.15, -0.1) is 22.7 Å². The van der Waals surface area contributed by atoms with Crippen molar-refractivity contribution in [2.75, 3.05) is 11.9 Å². The predicted octanol–water partition coefficient (Wildman–Crippen LogP) is 4.48. The summed E-state index contributed by atoms with van der Waals surface area (Å²) in [5, 5.41) is 9.34. The highest BCUT2D eigenvalue weighted by atomic mass is 32.1. The number of ether oxygens (including phenoxy) is 1. The first-order chi connectivity index (χ1) is 17.0. The van der Waals surface area contributed by atoms with E-state index in [1.54, 1.807) is 12.3 Å². The van der Waals surface area contributed by atoms with Crippen LogP contribution in [0.3, 0.4) is 0 Å². The number of amides is 1. The quantitative estimate of drug-likeness (QED) is 0.328. The van der Waals surface area contributed by atoms with E-state index in [0.717, 1.165) is 21.9 Å². The minimum absolute atomic E-state index is 0.0377. The Balaban J connectivity index is 1.37. The smallest absolute Gasteiger partial charge is 0.311 e. The Morgan fingerprint density at radius 3 is 2.74 bits per heavy atom. The molecule has 0 saturated heterocycles. The van der Waals surface area contributed by atoms with Gasteiger partial charge in [-0.1, -0.05) is 36.4 Å². The summed E-state index contributed by atoms with van der Waals surface area (Å²) in [6.45, 7) is 1.83. The van der Waals surface area contributed by atoms with Gasteiger partial charge in [0.25, 0.3) is 5.56 Å². The molecule has 3 aromatic heterocycles. The van der Waals surface area contributed by atoms with Crippen molar-refractivity contribution >= 4 is 60.7 Å². The molecule has 0 aliphatic heterocycles. The summed E-state index contributed by atoms with van der Waals surface area (Å²) in [5.74, 6) is -0.785. The summed E-state index contributed by atoms with van der Waals surface area (Å²) >= 11 is 2.60. The third kappa shape index (κ3) is 4.84. The highest BCUT2D eigenvalue weighted by Crippen LogP contribution is 2.32. The topological polar surface area (TPSA) is 103 Å². The molecule has 35 heavy (non-hydrogen) atoms. The molecule has 3 heterocycles. The molecular weight excluding hydrogens is 484 g/mol. The first-order valence-electron chi connectivity index (χ1n) is 10.9. The average Bonchev–Trinajstić information content (AvgIpc) is 3.48. The Hall–Kier alpha value is -3.89. The van der Waals surface area contributed by atoms with Crippen molar-refractivity contribution in [3.8, 4) is 11.1 Å². The third-order valence-electron chi connectivity index (χ3n) is 5.36. The molecule has 0 radical (unpaired) electrons. The summed E-state index contributed by atoms with van der Waals surface area (Å²) in [6, 6.07) is 14.1. The monoisotopic (exact) mass is 504 g/mol. The van der Waals surface area contributed by atoms with Crippen LogP contribution in [0.5, 0.6) is 0 Å². The fourth-order valence-electron chi connectivity index (χ4n) is 3.77. The molecule has 0 aliphatic rings. The first-order valence-corrected chi connectivity index (χ1v) is 12.6. The van der Waals surface area contributed by atoms with Gasteiger partial charge in [-0.2, -0.15) is 0 Å². The summed E-state index contributed by atoms with van der Waals surface area (Å²) in [6.07, 6.45) is 1.43. The van der Waals surface area contributed by atoms with Gasteiger partial charge in [-0.3, -0.25) is 19.0 Å². The van der Waals surface area contributed by atoms with Crippen LogP contribution in [0.4, 0.5) is 5.13 Å². The summed E-state index contributed by atoms with van der Waals surface area (Å²) < 4.78 is 6.21. The molecular formula is C25H20N4O4S2. The number of nitrogens with one attached hydrogen (secondary N) is 1. The van der Waals surface area contributed by atoms with Crippen molar-refractivity contribution in [2.24, 2.45) is 0 Å². The number of rotatable bonds is 7. The maximum atomic E-state index is 13.3. The number of thiophene rings is 1. The molecule has 1 N–H and O–H groups in total. The highest BCUT2D eigenvalue weighted by Gasteiger charge is 2.16. The van der Waals surface area contributed by atoms with Crippen LogP contribution in [-0.2, 0) is 27.3 Å². The number of thiazole rings is 1. The fourth-order valence-corrected chi connectivity index (χ4v) is 5.40. The van der Waals surface area contributed by atoms with Gasteiger partial charge < -0.3 is 10.1 Å². The zero-order valence-corrected chi connectivity index (χ0v) is 20.3. The van der Waals surface area contributed by atoms with Crippen LogP contribution in [0.1, 0.15) is 12.6 Å². The normalized spacial score (nSPS) is 11.1. The van der Waals surface area contributed by atoms with Gasteiger partial charge in [0.1, 0.15) is 11.4 Å². The van der Waals surface area contributed by atoms with Crippen molar-refractivity contribution < 1.29 is 14.3 Å². The molecule has 1 amide bonds. The second-order valence-corrected chi connectivity index (χ2v) is 9.46. The molecule has 10 heteroatoms. The standard InChI is InChI=1S/C25H20N4O4S2/c1-2-33-21(31)10-18-12-35-25(27-18)28-20(30)11-29-14-26-23-22(24(29)32)19(13-34-23)17-8-7-15-5-3-4-6-16(15)9-17/h3-9,12-14H,2,10-11H2,1H3,(H,27,28,30). The van der Waals surface area contributed by atoms with E-state index in [-0.39, 0.29) is 24.5 Å². The molecule has 0 fully saturated rings. The Labute approximate surface area is 207 Å². The van der Waals surface area contributed by atoms with E-state index < -0.39 is 5.91 Å². The Morgan fingerprint density at radius 2 is 1.91 bits per heavy atom. The van der Waals surface area contributed by atoms with Gasteiger partial charge in [-0.05, 0) is 29.3 Å². The van der Waals surface area contributed by atoms with Crippen LogP contribution in [0, 0.1) is 0 Å². The number of benzene rings is 2. The number of anilines is 1. The molecule has 5 aromatic rings. The van der Waals surface area contributed by atoms with Gasteiger partial charge in [0.15, 0.2) is 5.13 Å². The molecule has 0 unspecified atom stereocenters. The van der Waals surface area contributed by atoms with E-state index in [9.17, 15) is 14.4 Å². The van der Waals surface area contributed by atoms with E-state index in [2.05, 4.69) is 21.4 Å². The molecule has 0 atom stereocenters. The van der Waals surface area contributed by atoms with Crippen molar-refractivity contribution in [3.63, 3.8) is 0 Å². The number of carbonyl (C=O) groups excluding carboxylic acids is 2. The van der Waals surface area contributed by atoms with E-state index in [0.29, 0.717) is 27.6 Å². The summed E-state index contributed by atoms with van der Waals surface area (Å²) in [5.41, 5.74) is 1.96. The summed E-state index contributed by atoms with van der Waals surface area (Å²) in [4.78, 5) is 46.8. The van der Waals surface area contributed by atoms with Gasteiger partial charge in [-0.25, -0.2) is 9.97 Å². The number of carbonyl (C=O) groups is 2. The number of aromatic nitrogens is 3. The zero-order chi connectivity index (χ0) is 24.4. The van der Waals surface area contributed by atoms with E-state index >= 15 is 0 Å². The second kappa shape index (κ2) is 9.77. The Morgan fingerprint density at radius 1 is 1.09 bits per heavy atom. The molecule has 2 aromatic carbocycles. The Kier molecular flexibility index (Phi) is 6.39. The predicted molar refractivity (Wildman–Crippen MR) is 138 cm³/mol. The number of nitrogens with zero attached hydrogens (tertiary/aromatic N) is 3. The van der Waals surface area contributed by atoms with Crippen LogP contribution in [0.15, 0.2) is 64.3 Å². The SMILES string of the molecule is CCOC(=O)Cc1csc(NC(=O)Cn2cnc3scc(-c4ccc5ccccc5c4)c3c2=O)n1. The van der Waals surface area contributed by atoms with Gasteiger partial charge in [0, 0.05) is 16.3 Å². The lowest BCUT2D eigenvalue weighted by atomic mass is 10.0. The summed E-state index contributed by atoms with van der Waals surface area (Å²) in [7, 11) is 0. The zero-order valence-electron chi connectivity index (χ0n) is 18.7. The number of esters is 1. The number of hydrogen-bond acceptors (Lipinski definition) is 8. The lowest BCUT2D eigenvalue weighted by molar-refractivity contribution is -0.142. The molecule has 0 spiro atoms. The molecule has 5 rings (SSSR count). The average molecular weight is 505 g/mol. The molecule has 176 valence electrons. The number of fused-ring (bicyclic) bond motifs is 2. The first kappa shape index (κ1) is 22.9.